The number of nitrogens with one attached hydrogen (secondary N) is 1. The van der Waals surface area contributed by atoms with E-state index in [0.717, 1.165) is 0 Å². The molecular weight excluding hydrogens is 292 g/mol. The molecule has 1 aromatic heterocycles. The molecule has 1 aliphatic heterocycles. The Morgan fingerprint density at radius 3 is 2.71 bits per heavy atom. The van der Waals surface area contributed by atoms with E-state index in [0.29, 0.717) is 5.56 Å². The quantitative estimate of drug-likeness (QED) is 0.815. The van der Waals surface area contributed by atoms with Crippen molar-refractivity contribution < 1.29 is 19.4 Å². The molecule has 6 nitrogen and oxygen atoms in total. The molecule has 2 atom stereocenters. The van der Waals surface area contributed by atoms with Crippen molar-refractivity contribution in [2.45, 2.75) is 37.3 Å². The maximum absolute atomic E-state index is 12.6. The van der Waals surface area contributed by atoms with Crippen molar-refractivity contribution >= 4 is 23.7 Å². The Morgan fingerprint density at radius 1 is 1.52 bits per heavy atom. The number of carbonyl (C=O) groups is 2. The summed E-state index contributed by atoms with van der Waals surface area (Å²) in [7, 11) is 0. The lowest BCUT2D eigenvalue weighted by Gasteiger charge is -2.31. The number of hydrogen-bond acceptors (Lipinski definition) is 6. The predicted molar refractivity (Wildman–Crippen MR) is 78.8 cm³/mol. The van der Waals surface area contributed by atoms with Gasteiger partial charge in [0.15, 0.2) is 4.87 Å². The highest BCUT2D eigenvalue weighted by Crippen LogP contribution is 2.41. The fraction of sp³-hybridized carbons (Fsp3) is 0.500. The number of thioether (sulfide) groups is 1. The Kier molecular flexibility index (Phi) is 4.25. The van der Waals surface area contributed by atoms with Gasteiger partial charge in [-0.3, -0.25) is 15.1 Å². The lowest BCUT2D eigenvalue weighted by atomic mass is 10.1. The molecule has 0 bridgehead atoms. The van der Waals surface area contributed by atoms with E-state index < -0.39 is 28.5 Å². The largest absolute Gasteiger partial charge is 0.480 e. The molecule has 0 radical (unpaired) electrons. The minimum absolute atomic E-state index is 0.281. The number of aliphatic carboxylic acids is 1. The van der Waals surface area contributed by atoms with Gasteiger partial charge in [-0.15, -0.1) is 11.8 Å². The Bertz CT molecular complexity index is 544. The van der Waals surface area contributed by atoms with E-state index in [9.17, 15) is 9.59 Å². The van der Waals surface area contributed by atoms with Crippen LogP contribution in [-0.4, -0.2) is 39.4 Å². The van der Waals surface area contributed by atoms with Crippen LogP contribution in [0.4, 0.5) is 0 Å². The molecule has 21 heavy (non-hydrogen) atoms. The topological polar surface area (TPSA) is 88.5 Å². The van der Waals surface area contributed by atoms with Crippen LogP contribution in [0.15, 0.2) is 24.5 Å². The average molecular weight is 310 g/mol. The third-order valence-corrected chi connectivity index (χ3v) is 4.35. The van der Waals surface area contributed by atoms with E-state index in [2.05, 4.69) is 10.3 Å². The van der Waals surface area contributed by atoms with Crippen LogP contribution in [0.3, 0.4) is 0 Å². The van der Waals surface area contributed by atoms with Crippen molar-refractivity contribution in [3.8, 4) is 0 Å². The summed E-state index contributed by atoms with van der Waals surface area (Å²) < 4.78 is 5.46. The summed E-state index contributed by atoms with van der Waals surface area (Å²) >= 11 is 1.22. The van der Waals surface area contributed by atoms with Gasteiger partial charge in [0.05, 0.1) is 0 Å². The summed E-state index contributed by atoms with van der Waals surface area (Å²) in [6.07, 6.45) is 3.15. The maximum atomic E-state index is 12.6. The number of ether oxygens (including phenoxy) is 1. The SMILES string of the molecule is CC(C)(C)OC(=O)C1(c2cccnc2)NC(C(=O)O)CS1. The van der Waals surface area contributed by atoms with Crippen molar-refractivity contribution in [1.82, 2.24) is 10.3 Å². The Hall–Kier alpha value is -1.60. The first-order chi connectivity index (χ1) is 9.74. The normalized spacial score (nSPS) is 25.6. The van der Waals surface area contributed by atoms with Gasteiger partial charge >= 0.3 is 11.9 Å². The monoisotopic (exact) mass is 310 g/mol. The van der Waals surface area contributed by atoms with Crippen LogP contribution in [0.5, 0.6) is 0 Å². The summed E-state index contributed by atoms with van der Waals surface area (Å²) in [5, 5.41) is 12.1. The minimum Gasteiger partial charge on any atom is -0.480 e. The highest BCUT2D eigenvalue weighted by atomic mass is 32.2. The van der Waals surface area contributed by atoms with E-state index in [1.165, 1.54) is 11.8 Å². The van der Waals surface area contributed by atoms with Crippen LogP contribution in [0.1, 0.15) is 26.3 Å². The van der Waals surface area contributed by atoms with Gasteiger partial charge < -0.3 is 9.84 Å². The number of carboxylic acid groups (broad SMARTS) is 1. The molecule has 7 heteroatoms. The van der Waals surface area contributed by atoms with Crippen molar-refractivity contribution in [1.29, 1.82) is 0 Å². The zero-order chi connectivity index (χ0) is 15.7. The molecule has 1 aromatic rings. The molecule has 0 spiro atoms. The first-order valence-electron chi connectivity index (χ1n) is 6.53. The summed E-state index contributed by atoms with van der Waals surface area (Å²) in [5.41, 5.74) is -0.0662. The molecule has 1 aliphatic rings. The smallest absolute Gasteiger partial charge is 0.342 e. The first-order valence-corrected chi connectivity index (χ1v) is 7.51. The first kappa shape index (κ1) is 15.8. The molecule has 2 N–H and O–H groups in total. The van der Waals surface area contributed by atoms with Crippen molar-refractivity contribution in [3.63, 3.8) is 0 Å². The van der Waals surface area contributed by atoms with Gasteiger partial charge in [-0.05, 0) is 26.8 Å². The molecule has 2 rings (SSSR count). The zero-order valence-corrected chi connectivity index (χ0v) is 12.9. The molecule has 1 fully saturated rings. The number of carbonyl (C=O) groups excluding carboxylic acids is 1. The van der Waals surface area contributed by atoms with Crippen LogP contribution in [0, 0.1) is 0 Å². The van der Waals surface area contributed by atoms with Gasteiger partial charge in [0.2, 0.25) is 0 Å². The molecule has 114 valence electrons. The lowest BCUT2D eigenvalue weighted by Crippen LogP contribution is -2.50. The van der Waals surface area contributed by atoms with E-state index in [1.54, 1.807) is 45.3 Å². The molecule has 0 amide bonds. The lowest BCUT2D eigenvalue weighted by molar-refractivity contribution is -0.159. The Balaban J connectivity index is 2.37. The number of pyridine rings is 1. The average Bonchev–Trinajstić information content (AvgIpc) is 2.84. The number of aromatic nitrogens is 1. The number of carboxylic acids is 1. The standard InChI is InChI=1S/C14H18N2O4S/c1-13(2,3)20-12(19)14(9-5-4-6-15-7-9)16-10(8-21-14)11(17)18/h4-7,10,16H,8H2,1-3H3,(H,17,18). The fourth-order valence-corrected chi connectivity index (χ4v) is 3.31. The van der Waals surface area contributed by atoms with Gasteiger partial charge in [-0.1, -0.05) is 6.07 Å². The zero-order valence-electron chi connectivity index (χ0n) is 12.1. The fourth-order valence-electron chi connectivity index (χ4n) is 1.99. The van der Waals surface area contributed by atoms with E-state index in [-0.39, 0.29) is 5.75 Å². The van der Waals surface area contributed by atoms with E-state index in [4.69, 9.17) is 9.84 Å². The maximum Gasteiger partial charge on any atom is 0.342 e. The van der Waals surface area contributed by atoms with Crippen LogP contribution in [0.25, 0.3) is 0 Å². The molecule has 2 heterocycles. The number of hydrogen-bond donors (Lipinski definition) is 2. The Morgan fingerprint density at radius 2 is 2.24 bits per heavy atom. The highest BCUT2D eigenvalue weighted by molar-refractivity contribution is 8.01. The second kappa shape index (κ2) is 5.65. The van der Waals surface area contributed by atoms with Crippen LogP contribution in [0.2, 0.25) is 0 Å². The highest BCUT2D eigenvalue weighted by Gasteiger charge is 2.51. The van der Waals surface area contributed by atoms with Gasteiger partial charge in [0.1, 0.15) is 11.6 Å². The second-order valence-corrected chi connectivity index (χ2v) is 7.01. The van der Waals surface area contributed by atoms with Crippen molar-refractivity contribution in [3.05, 3.63) is 30.1 Å². The molecule has 0 aliphatic carbocycles. The van der Waals surface area contributed by atoms with Crippen molar-refractivity contribution in [2.75, 3.05) is 5.75 Å². The molecule has 2 unspecified atom stereocenters. The number of rotatable bonds is 3. The minimum atomic E-state index is -1.23. The van der Waals surface area contributed by atoms with Crippen LogP contribution in [-0.2, 0) is 19.2 Å². The third-order valence-electron chi connectivity index (χ3n) is 2.90. The predicted octanol–water partition coefficient (Wildman–Crippen LogP) is 1.37. The summed E-state index contributed by atoms with van der Waals surface area (Å²) in [5.74, 6) is -1.21. The van der Waals surface area contributed by atoms with Crippen molar-refractivity contribution in [2.24, 2.45) is 0 Å². The molecular formula is C14H18N2O4S. The third kappa shape index (κ3) is 3.36. The van der Waals surface area contributed by atoms with Crippen LogP contribution < -0.4 is 5.32 Å². The molecule has 1 saturated heterocycles. The van der Waals surface area contributed by atoms with Gasteiger partial charge in [-0.25, -0.2) is 4.79 Å². The summed E-state index contributed by atoms with van der Waals surface area (Å²) in [6, 6.07) is 2.64. The second-order valence-electron chi connectivity index (χ2n) is 5.77. The van der Waals surface area contributed by atoms with Gasteiger partial charge in [0.25, 0.3) is 0 Å². The van der Waals surface area contributed by atoms with Gasteiger partial charge in [0, 0.05) is 23.7 Å². The summed E-state index contributed by atoms with van der Waals surface area (Å²) in [6.45, 7) is 5.32. The number of esters is 1. The molecule has 0 saturated carbocycles. The van der Waals surface area contributed by atoms with Crippen LogP contribution >= 0.6 is 11.8 Å². The van der Waals surface area contributed by atoms with Gasteiger partial charge in [-0.2, -0.15) is 0 Å². The summed E-state index contributed by atoms with van der Waals surface area (Å²) in [4.78, 5) is 26.6. The van der Waals surface area contributed by atoms with E-state index >= 15 is 0 Å². The van der Waals surface area contributed by atoms with E-state index in [1.807, 2.05) is 0 Å². The Labute approximate surface area is 127 Å². The number of nitrogens with zero attached hydrogens (tertiary/aromatic N) is 1. The molecule has 0 aromatic carbocycles.